The van der Waals surface area contributed by atoms with Gasteiger partial charge in [0.15, 0.2) is 17.6 Å². The molecular weight excluding hydrogens is 552 g/mol. The summed E-state index contributed by atoms with van der Waals surface area (Å²) >= 11 is 0. The number of carboxylic acids is 1. The van der Waals surface area contributed by atoms with E-state index in [1.54, 1.807) is 18.2 Å². The maximum atomic E-state index is 11.6. The molecule has 0 aliphatic carbocycles. The fourth-order valence-corrected chi connectivity index (χ4v) is 5.71. The Kier molecular flexibility index (Phi) is 7.33. The van der Waals surface area contributed by atoms with Gasteiger partial charge in [0.25, 0.3) is 0 Å². The van der Waals surface area contributed by atoms with Crippen molar-refractivity contribution in [2.45, 2.75) is 55.4 Å². The molecule has 3 aromatic carbocycles. The van der Waals surface area contributed by atoms with Crippen molar-refractivity contribution in [3.05, 3.63) is 76.9 Å². The minimum atomic E-state index is -1.86. The Balaban J connectivity index is 1.41. The van der Waals surface area contributed by atoms with Gasteiger partial charge < -0.3 is 54.0 Å². The quantitative estimate of drug-likeness (QED) is 0.272. The Morgan fingerprint density at radius 3 is 2.31 bits per heavy atom. The molecule has 1 saturated heterocycles. The first kappa shape index (κ1) is 28.1. The van der Waals surface area contributed by atoms with Crippen LogP contribution in [0.2, 0.25) is 0 Å². The molecule has 0 radical (unpaired) electrons. The van der Waals surface area contributed by atoms with E-state index >= 15 is 0 Å². The van der Waals surface area contributed by atoms with E-state index in [2.05, 4.69) is 0 Å². The van der Waals surface area contributed by atoms with Crippen LogP contribution in [0.15, 0.2) is 54.6 Å². The van der Waals surface area contributed by atoms with Crippen molar-refractivity contribution in [1.82, 2.24) is 0 Å². The van der Waals surface area contributed by atoms with Gasteiger partial charge in [-0.3, -0.25) is 0 Å². The van der Waals surface area contributed by atoms with Gasteiger partial charge in [-0.05, 0) is 23.3 Å². The SMILES string of the molecule is COc1ccc2c(c1OC)O[C@@H]1c3cc(Cc4ccccc4)c(O[C@H]4O[C@H](C(=O)O)[C@@H](O)[C@H](O)[C@H]4O)cc3O[C@H](O)[C@@H]21. The summed E-state index contributed by atoms with van der Waals surface area (Å²) in [7, 11) is 3.01. The Labute approximate surface area is 240 Å². The Morgan fingerprint density at radius 2 is 1.62 bits per heavy atom. The molecule has 0 saturated carbocycles. The third kappa shape index (κ3) is 4.67. The van der Waals surface area contributed by atoms with Gasteiger partial charge in [0.05, 0.1) is 20.1 Å². The molecular formula is C30H30O12. The predicted molar refractivity (Wildman–Crippen MR) is 143 cm³/mol. The van der Waals surface area contributed by atoms with Gasteiger partial charge in [0.2, 0.25) is 18.3 Å². The van der Waals surface area contributed by atoms with Crippen LogP contribution in [0.5, 0.6) is 28.7 Å². The van der Waals surface area contributed by atoms with Gasteiger partial charge in [-0.15, -0.1) is 0 Å². The molecule has 1 fully saturated rings. The van der Waals surface area contributed by atoms with E-state index in [1.165, 1.54) is 20.3 Å². The minimum absolute atomic E-state index is 0.148. The van der Waals surface area contributed by atoms with E-state index in [4.69, 9.17) is 28.4 Å². The highest BCUT2D eigenvalue weighted by molar-refractivity contribution is 5.73. The molecule has 12 heteroatoms. The van der Waals surface area contributed by atoms with Gasteiger partial charge in [0, 0.05) is 23.6 Å². The van der Waals surface area contributed by atoms with Crippen molar-refractivity contribution >= 4 is 5.97 Å². The Bertz CT molecular complexity index is 1480. The van der Waals surface area contributed by atoms with Crippen LogP contribution < -0.4 is 23.7 Å². The van der Waals surface area contributed by atoms with Gasteiger partial charge in [-0.1, -0.05) is 36.4 Å². The van der Waals surface area contributed by atoms with E-state index in [0.29, 0.717) is 40.4 Å². The number of carboxylic acid groups (broad SMARTS) is 1. The average Bonchev–Trinajstić information content (AvgIpc) is 3.38. The standard InChI is InChI=1S/C30H30O12/c1-37-17-9-8-15-20-24(41-25(15)26(17)38-2)16-11-14(10-13-6-4-3-5-7-13)18(12-19(16)39-29(20)36)40-30-23(33)21(31)22(32)27(42-30)28(34)35/h3-9,11-12,20-24,27,29-33,36H,10H2,1-2H3,(H,34,35)/t20-,21-,22-,23+,24+,27-,29-,30-/m0/s1. The maximum absolute atomic E-state index is 11.6. The summed E-state index contributed by atoms with van der Waals surface area (Å²) in [6, 6.07) is 16.3. The number of ether oxygens (including phenoxy) is 6. The summed E-state index contributed by atoms with van der Waals surface area (Å²) < 4.78 is 34.6. The van der Waals surface area contributed by atoms with Crippen molar-refractivity contribution in [2.24, 2.45) is 0 Å². The number of aliphatic hydroxyl groups is 4. The maximum Gasteiger partial charge on any atom is 0.335 e. The van der Waals surface area contributed by atoms with Crippen molar-refractivity contribution in [1.29, 1.82) is 0 Å². The third-order valence-electron chi connectivity index (χ3n) is 7.81. The zero-order valence-electron chi connectivity index (χ0n) is 22.6. The summed E-state index contributed by atoms with van der Waals surface area (Å²) in [5.74, 6) is -0.445. The molecule has 0 unspecified atom stereocenters. The van der Waals surface area contributed by atoms with E-state index in [9.17, 15) is 30.3 Å². The molecule has 42 heavy (non-hydrogen) atoms. The molecule has 0 bridgehead atoms. The van der Waals surface area contributed by atoms with Crippen LogP contribution in [0.1, 0.15) is 34.3 Å². The highest BCUT2D eigenvalue weighted by atomic mass is 16.7. The molecule has 0 aromatic heterocycles. The second-order valence-corrected chi connectivity index (χ2v) is 10.3. The molecule has 3 aromatic rings. The van der Waals surface area contributed by atoms with Crippen LogP contribution in [0.25, 0.3) is 0 Å². The lowest BCUT2D eigenvalue weighted by molar-refractivity contribution is -0.271. The van der Waals surface area contributed by atoms with E-state index < -0.39 is 55.0 Å². The predicted octanol–water partition coefficient (Wildman–Crippen LogP) is 1.49. The topological polar surface area (TPSA) is 174 Å². The number of fused-ring (bicyclic) bond motifs is 5. The number of hydrogen-bond donors (Lipinski definition) is 5. The number of benzene rings is 3. The summed E-state index contributed by atoms with van der Waals surface area (Å²) in [6.45, 7) is 0. The van der Waals surface area contributed by atoms with E-state index in [0.717, 1.165) is 5.56 Å². The first-order valence-electron chi connectivity index (χ1n) is 13.3. The van der Waals surface area contributed by atoms with E-state index in [1.807, 2.05) is 30.3 Å². The lowest BCUT2D eigenvalue weighted by Gasteiger charge is -2.39. The van der Waals surface area contributed by atoms with Crippen molar-refractivity contribution in [3.8, 4) is 28.7 Å². The van der Waals surface area contributed by atoms with Crippen molar-refractivity contribution < 1.29 is 58.7 Å². The van der Waals surface area contributed by atoms with Gasteiger partial charge in [-0.25, -0.2) is 4.79 Å². The lowest BCUT2D eigenvalue weighted by atomic mass is 9.86. The normalized spacial score (nSPS) is 29.3. The Morgan fingerprint density at radius 1 is 0.857 bits per heavy atom. The first-order valence-corrected chi connectivity index (χ1v) is 13.3. The van der Waals surface area contributed by atoms with Crippen molar-refractivity contribution in [3.63, 3.8) is 0 Å². The molecule has 0 spiro atoms. The van der Waals surface area contributed by atoms with Crippen LogP contribution in [0.3, 0.4) is 0 Å². The number of rotatable bonds is 7. The average molecular weight is 583 g/mol. The highest BCUT2D eigenvalue weighted by Gasteiger charge is 2.50. The summed E-state index contributed by atoms with van der Waals surface area (Å²) in [6.07, 6.45) is -10.5. The summed E-state index contributed by atoms with van der Waals surface area (Å²) in [5, 5.41) is 51.5. The fraction of sp³-hybridized carbons (Fsp3) is 0.367. The highest BCUT2D eigenvalue weighted by Crippen LogP contribution is 2.58. The zero-order chi connectivity index (χ0) is 29.7. The third-order valence-corrected chi connectivity index (χ3v) is 7.81. The van der Waals surface area contributed by atoms with Gasteiger partial charge in [-0.2, -0.15) is 0 Å². The summed E-state index contributed by atoms with van der Waals surface area (Å²) in [5.41, 5.74) is 2.82. The van der Waals surface area contributed by atoms with Crippen LogP contribution in [-0.4, -0.2) is 82.7 Å². The fourth-order valence-electron chi connectivity index (χ4n) is 5.71. The number of methoxy groups -OCH3 is 2. The summed E-state index contributed by atoms with van der Waals surface area (Å²) in [4.78, 5) is 11.6. The lowest BCUT2D eigenvalue weighted by Crippen LogP contribution is -2.61. The Hall–Kier alpha value is -4.07. The number of aliphatic hydroxyl groups excluding tert-OH is 4. The number of carbonyl (C=O) groups is 1. The van der Waals surface area contributed by atoms with Gasteiger partial charge >= 0.3 is 5.97 Å². The second kappa shape index (κ2) is 11.0. The molecule has 6 rings (SSSR count). The molecule has 8 atom stereocenters. The molecule has 222 valence electrons. The second-order valence-electron chi connectivity index (χ2n) is 10.3. The van der Waals surface area contributed by atoms with Crippen LogP contribution in [0, 0.1) is 0 Å². The van der Waals surface area contributed by atoms with Crippen LogP contribution in [-0.2, 0) is 16.0 Å². The largest absolute Gasteiger partial charge is 0.493 e. The van der Waals surface area contributed by atoms with E-state index in [-0.39, 0.29) is 11.5 Å². The smallest absolute Gasteiger partial charge is 0.335 e. The monoisotopic (exact) mass is 582 g/mol. The molecule has 12 nitrogen and oxygen atoms in total. The molecule has 3 aliphatic heterocycles. The zero-order valence-corrected chi connectivity index (χ0v) is 22.6. The number of hydrogen-bond acceptors (Lipinski definition) is 11. The van der Waals surface area contributed by atoms with Crippen molar-refractivity contribution in [2.75, 3.05) is 14.2 Å². The molecule has 3 heterocycles. The minimum Gasteiger partial charge on any atom is -0.493 e. The molecule has 5 N–H and O–H groups in total. The van der Waals surface area contributed by atoms with Crippen LogP contribution >= 0.6 is 0 Å². The molecule has 3 aliphatic rings. The molecule has 0 amide bonds. The van der Waals surface area contributed by atoms with Gasteiger partial charge in [0.1, 0.15) is 35.9 Å². The first-order chi connectivity index (χ1) is 20.2. The van der Waals surface area contributed by atoms with Crippen LogP contribution in [0.4, 0.5) is 0 Å². The number of aliphatic carboxylic acids is 1.